The summed E-state index contributed by atoms with van der Waals surface area (Å²) >= 11 is 0. The fraction of sp³-hybridized carbons (Fsp3) is 0.706. The Bertz CT molecular complexity index is 648. The first-order valence-corrected chi connectivity index (χ1v) is 8.27. The summed E-state index contributed by atoms with van der Waals surface area (Å²) < 4.78 is 2.03. The molecule has 6 heteroatoms. The van der Waals surface area contributed by atoms with Crippen molar-refractivity contribution in [2.24, 2.45) is 5.41 Å². The molecule has 2 amide bonds. The van der Waals surface area contributed by atoms with Gasteiger partial charge in [0.2, 0.25) is 11.8 Å². The highest BCUT2D eigenvalue weighted by atomic mass is 16.2. The number of piperidine rings is 1. The lowest BCUT2D eigenvalue weighted by atomic mass is 9.81. The molecule has 1 aromatic rings. The van der Waals surface area contributed by atoms with Gasteiger partial charge in [0.25, 0.3) is 0 Å². The Hall–Kier alpha value is -1.85. The summed E-state index contributed by atoms with van der Waals surface area (Å²) in [6.07, 6.45) is 2.03. The van der Waals surface area contributed by atoms with Gasteiger partial charge in [-0.1, -0.05) is 20.8 Å². The van der Waals surface area contributed by atoms with Gasteiger partial charge in [-0.05, 0) is 19.8 Å². The van der Waals surface area contributed by atoms with Crippen LogP contribution in [0.4, 0.5) is 5.82 Å². The normalized spacial score (nSPS) is 20.8. The summed E-state index contributed by atoms with van der Waals surface area (Å²) in [5, 5.41) is 4.65. The number of aryl methyl sites for hydroxylation is 1. The maximum absolute atomic E-state index is 12.5. The number of aromatic nitrogens is 2. The summed E-state index contributed by atoms with van der Waals surface area (Å²) in [6.45, 7) is 9.18. The van der Waals surface area contributed by atoms with E-state index >= 15 is 0 Å². The molecule has 0 N–H and O–H groups in total. The average Bonchev–Trinajstić information content (AvgIpc) is 2.87. The van der Waals surface area contributed by atoms with E-state index in [0.717, 1.165) is 24.4 Å². The highest BCUT2D eigenvalue weighted by Gasteiger charge is 2.46. The van der Waals surface area contributed by atoms with Crippen molar-refractivity contribution in [2.45, 2.75) is 52.5 Å². The molecule has 3 rings (SSSR count). The quantitative estimate of drug-likeness (QED) is 0.734. The SMILES string of the molecule is Cc1cc2n(n1)C1(CCN(C(=O)C(C)(C)C)CC1)CC(=O)N2C. The van der Waals surface area contributed by atoms with Crippen molar-refractivity contribution in [3.63, 3.8) is 0 Å². The van der Waals surface area contributed by atoms with Gasteiger partial charge in [0.1, 0.15) is 5.82 Å². The molecule has 1 fully saturated rings. The number of anilines is 1. The molecule has 0 bridgehead atoms. The van der Waals surface area contributed by atoms with E-state index < -0.39 is 0 Å². The van der Waals surface area contributed by atoms with E-state index in [0.29, 0.717) is 19.5 Å². The van der Waals surface area contributed by atoms with Gasteiger partial charge in [-0.3, -0.25) is 9.59 Å². The highest BCUT2D eigenvalue weighted by Crippen LogP contribution is 2.41. The van der Waals surface area contributed by atoms with Crippen LogP contribution in [0.2, 0.25) is 0 Å². The molecule has 0 unspecified atom stereocenters. The minimum atomic E-state index is -0.361. The smallest absolute Gasteiger partial charge is 0.230 e. The Kier molecular flexibility index (Phi) is 3.54. The van der Waals surface area contributed by atoms with Crippen molar-refractivity contribution in [1.29, 1.82) is 0 Å². The number of carbonyl (C=O) groups excluding carboxylic acids is 2. The summed E-state index contributed by atoms with van der Waals surface area (Å²) in [4.78, 5) is 28.5. The first-order valence-electron chi connectivity index (χ1n) is 8.27. The number of amides is 2. The van der Waals surface area contributed by atoms with Crippen molar-refractivity contribution in [2.75, 3.05) is 25.0 Å². The molecule has 0 atom stereocenters. The molecule has 1 saturated heterocycles. The van der Waals surface area contributed by atoms with E-state index in [9.17, 15) is 9.59 Å². The highest BCUT2D eigenvalue weighted by molar-refractivity contribution is 5.94. The molecule has 0 radical (unpaired) electrons. The maximum Gasteiger partial charge on any atom is 0.230 e. The zero-order valence-corrected chi connectivity index (χ0v) is 14.7. The van der Waals surface area contributed by atoms with E-state index in [2.05, 4.69) is 5.10 Å². The van der Waals surface area contributed by atoms with Crippen LogP contribution < -0.4 is 4.90 Å². The minimum Gasteiger partial charge on any atom is -0.342 e. The Balaban J connectivity index is 1.87. The second-order valence-electron chi connectivity index (χ2n) is 7.95. The number of rotatable bonds is 0. The molecule has 1 spiro atoms. The molecule has 126 valence electrons. The summed E-state index contributed by atoms with van der Waals surface area (Å²) in [7, 11) is 1.81. The van der Waals surface area contributed by atoms with Gasteiger partial charge >= 0.3 is 0 Å². The number of hydrogen-bond acceptors (Lipinski definition) is 3. The first kappa shape index (κ1) is 16.0. The van der Waals surface area contributed by atoms with Crippen LogP contribution in [0.25, 0.3) is 0 Å². The molecule has 23 heavy (non-hydrogen) atoms. The second-order valence-corrected chi connectivity index (χ2v) is 7.95. The number of nitrogens with zero attached hydrogens (tertiary/aromatic N) is 4. The molecule has 0 aliphatic carbocycles. The molecule has 2 aliphatic rings. The topological polar surface area (TPSA) is 58.4 Å². The van der Waals surface area contributed by atoms with Crippen LogP contribution in [0, 0.1) is 12.3 Å². The zero-order chi connectivity index (χ0) is 17.0. The van der Waals surface area contributed by atoms with Crippen molar-refractivity contribution in [3.8, 4) is 0 Å². The van der Waals surface area contributed by atoms with Crippen molar-refractivity contribution in [1.82, 2.24) is 14.7 Å². The molecular weight excluding hydrogens is 292 g/mol. The number of likely N-dealkylation sites (tertiary alicyclic amines) is 1. The largest absolute Gasteiger partial charge is 0.342 e. The molecule has 3 heterocycles. The van der Waals surface area contributed by atoms with Gasteiger partial charge in [-0.2, -0.15) is 5.10 Å². The molecule has 2 aliphatic heterocycles. The van der Waals surface area contributed by atoms with Crippen LogP contribution in [0.5, 0.6) is 0 Å². The lowest BCUT2D eigenvalue weighted by molar-refractivity contribution is -0.142. The fourth-order valence-corrected chi connectivity index (χ4v) is 3.67. The van der Waals surface area contributed by atoms with E-state index in [1.165, 1.54) is 0 Å². The molecular formula is C17H26N4O2. The number of fused-ring (bicyclic) bond motifs is 2. The lowest BCUT2D eigenvalue weighted by Gasteiger charge is -2.46. The third kappa shape index (κ3) is 2.54. The van der Waals surface area contributed by atoms with Gasteiger partial charge in [0.05, 0.1) is 17.7 Å². The number of hydrogen-bond donors (Lipinski definition) is 0. The Morgan fingerprint density at radius 3 is 2.43 bits per heavy atom. The second kappa shape index (κ2) is 5.08. The monoisotopic (exact) mass is 318 g/mol. The van der Waals surface area contributed by atoms with E-state index in [1.807, 2.05) is 43.3 Å². The van der Waals surface area contributed by atoms with Crippen LogP contribution in [-0.4, -0.2) is 46.6 Å². The van der Waals surface area contributed by atoms with E-state index in [4.69, 9.17) is 0 Å². The Labute approximate surface area is 137 Å². The summed E-state index contributed by atoms with van der Waals surface area (Å²) in [5.74, 6) is 1.19. The summed E-state index contributed by atoms with van der Waals surface area (Å²) in [6, 6.07) is 1.96. The standard InChI is InChI=1S/C17H26N4O2/c1-12-10-13-19(5)14(22)11-17(21(13)18-12)6-8-20(9-7-17)15(23)16(2,3)4/h10H,6-9,11H2,1-5H3. The minimum absolute atomic E-state index is 0.132. The lowest BCUT2D eigenvalue weighted by Crippen LogP contribution is -2.55. The van der Waals surface area contributed by atoms with Gasteiger partial charge in [0, 0.05) is 31.6 Å². The van der Waals surface area contributed by atoms with Gasteiger partial charge in [-0.25, -0.2) is 4.68 Å². The Morgan fingerprint density at radius 1 is 1.26 bits per heavy atom. The van der Waals surface area contributed by atoms with Crippen LogP contribution >= 0.6 is 0 Å². The molecule has 0 aromatic carbocycles. The summed E-state index contributed by atoms with van der Waals surface area (Å²) in [5.41, 5.74) is 0.289. The van der Waals surface area contributed by atoms with Crippen molar-refractivity contribution in [3.05, 3.63) is 11.8 Å². The van der Waals surface area contributed by atoms with Crippen LogP contribution in [0.15, 0.2) is 6.07 Å². The third-order valence-electron chi connectivity index (χ3n) is 5.08. The predicted molar refractivity (Wildman–Crippen MR) is 88.2 cm³/mol. The molecule has 1 aromatic heterocycles. The maximum atomic E-state index is 12.5. The Morgan fingerprint density at radius 2 is 1.87 bits per heavy atom. The van der Waals surface area contributed by atoms with E-state index in [-0.39, 0.29) is 22.8 Å². The van der Waals surface area contributed by atoms with Crippen LogP contribution in [-0.2, 0) is 15.1 Å². The van der Waals surface area contributed by atoms with Gasteiger partial charge in [0.15, 0.2) is 0 Å². The number of carbonyl (C=O) groups is 2. The van der Waals surface area contributed by atoms with Crippen LogP contribution in [0.3, 0.4) is 0 Å². The van der Waals surface area contributed by atoms with E-state index in [1.54, 1.807) is 11.9 Å². The third-order valence-corrected chi connectivity index (χ3v) is 5.08. The van der Waals surface area contributed by atoms with Crippen molar-refractivity contribution >= 4 is 17.6 Å². The molecule has 0 saturated carbocycles. The predicted octanol–water partition coefficient (Wildman–Crippen LogP) is 1.92. The molecule has 6 nitrogen and oxygen atoms in total. The van der Waals surface area contributed by atoms with Gasteiger partial charge in [-0.15, -0.1) is 0 Å². The van der Waals surface area contributed by atoms with Gasteiger partial charge < -0.3 is 9.80 Å². The fourth-order valence-electron chi connectivity index (χ4n) is 3.67. The van der Waals surface area contributed by atoms with Crippen molar-refractivity contribution < 1.29 is 9.59 Å². The zero-order valence-electron chi connectivity index (χ0n) is 14.7. The first-order chi connectivity index (χ1) is 10.6. The average molecular weight is 318 g/mol. The van der Waals surface area contributed by atoms with Crippen LogP contribution in [0.1, 0.15) is 45.7 Å².